The van der Waals surface area contributed by atoms with Gasteiger partial charge in [0.25, 0.3) is 11.8 Å². The molecule has 2 aromatic rings. The van der Waals surface area contributed by atoms with Gasteiger partial charge in [-0.1, -0.05) is 23.2 Å². The van der Waals surface area contributed by atoms with Crippen molar-refractivity contribution in [2.45, 2.75) is 36.1 Å². The van der Waals surface area contributed by atoms with E-state index in [0.717, 1.165) is 10.1 Å². The summed E-state index contributed by atoms with van der Waals surface area (Å²) in [7, 11) is 6.36. The summed E-state index contributed by atoms with van der Waals surface area (Å²) >= 11 is 12.7. The lowest BCUT2D eigenvalue weighted by Crippen LogP contribution is -2.25. The summed E-state index contributed by atoms with van der Waals surface area (Å²) in [5, 5.41) is 18.6. The number of nitrogens with zero attached hydrogens (tertiary/aromatic N) is 6. The Morgan fingerprint density at radius 3 is 1.57 bits per heavy atom. The van der Waals surface area contributed by atoms with Crippen molar-refractivity contribution >= 4 is 56.6 Å². The first-order valence-corrected chi connectivity index (χ1v) is 11.8. The molecule has 2 aliphatic heterocycles. The van der Waals surface area contributed by atoms with Crippen LogP contribution in [0.15, 0.2) is 20.4 Å². The molecule has 0 spiro atoms. The Bertz CT molecular complexity index is 944. The maximum absolute atomic E-state index is 6.35. The van der Waals surface area contributed by atoms with E-state index in [1.165, 1.54) is 21.6 Å². The summed E-state index contributed by atoms with van der Waals surface area (Å²) in [5.41, 5.74) is 1.11. The largest absolute Gasteiger partial charge is 0.468 e. The molecule has 2 aromatic heterocycles. The van der Waals surface area contributed by atoms with Crippen molar-refractivity contribution in [1.29, 1.82) is 0 Å². The van der Waals surface area contributed by atoms with Crippen LogP contribution < -0.4 is 0 Å². The van der Waals surface area contributed by atoms with E-state index in [1.54, 1.807) is 23.5 Å². The number of rotatable bonds is 5. The van der Waals surface area contributed by atoms with Gasteiger partial charge in [-0.25, -0.2) is 0 Å². The number of hydrogen-bond donors (Lipinski definition) is 0. The lowest BCUT2D eigenvalue weighted by molar-refractivity contribution is 0.0194. The van der Waals surface area contributed by atoms with E-state index in [4.69, 9.17) is 42.4 Å². The molecule has 0 bridgehead atoms. The molecule has 0 aliphatic carbocycles. The molecule has 0 N–H and O–H groups in total. The molecule has 0 fully saturated rings. The average molecular weight is 493 g/mol. The van der Waals surface area contributed by atoms with E-state index in [-0.39, 0.29) is 22.5 Å². The van der Waals surface area contributed by atoms with Crippen LogP contribution in [0.3, 0.4) is 0 Å². The first-order chi connectivity index (χ1) is 14.3. The van der Waals surface area contributed by atoms with Gasteiger partial charge in [-0.15, -0.1) is 0 Å². The van der Waals surface area contributed by atoms with Crippen LogP contribution in [-0.2, 0) is 33.2 Å². The third-order valence-electron chi connectivity index (χ3n) is 4.07. The average Bonchev–Trinajstić information content (AvgIpc) is 3.13. The topological polar surface area (TPSA) is 97.3 Å². The van der Waals surface area contributed by atoms with Crippen molar-refractivity contribution in [3.05, 3.63) is 21.4 Å². The van der Waals surface area contributed by atoms with Crippen molar-refractivity contribution in [2.24, 2.45) is 24.4 Å². The highest BCUT2D eigenvalue weighted by Crippen LogP contribution is 2.44. The van der Waals surface area contributed by atoms with E-state index in [1.807, 2.05) is 13.8 Å². The predicted molar refractivity (Wildman–Crippen MR) is 114 cm³/mol. The molecule has 2 unspecified atom stereocenters. The highest BCUT2D eigenvalue weighted by molar-refractivity contribution is 8.76. The van der Waals surface area contributed by atoms with Crippen LogP contribution in [0, 0.1) is 0 Å². The highest BCUT2D eigenvalue weighted by atomic mass is 35.5. The maximum atomic E-state index is 6.35. The van der Waals surface area contributed by atoms with Gasteiger partial charge in [-0.05, 0) is 45.7 Å². The van der Waals surface area contributed by atoms with Gasteiger partial charge in [0.15, 0.2) is 23.5 Å². The van der Waals surface area contributed by atoms with E-state index in [0.29, 0.717) is 36.1 Å². The minimum absolute atomic E-state index is 0.148. The SMILES string of the molecule is CC1CON=C(c2c(Cl)nn(C)c2SSc2c(C3=NOCC(C)O3)c(Cl)nn2C)O1. The summed E-state index contributed by atoms with van der Waals surface area (Å²) in [6, 6.07) is 0. The Kier molecular flexibility index (Phi) is 6.28. The van der Waals surface area contributed by atoms with Gasteiger partial charge in [0.1, 0.15) is 33.4 Å². The zero-order valence-corrected chi connectivity index (χ0v) is 19.6. The summed E-state index contributed by atoms with van der Waals surface area (Å²) in [6.45, 7) is 4.52. The molecule has 2 atom stereocenters. The standard InChI is InChI=1S/C16H18Cl2N6O4S2/c1-7-5-25-21-13(27-7)9-11(17)19-23(3)15(9)29-30-16-10(12(18)20-24(16)4)14-22-26-6-8(2)28-14/h7-8H,5-6H2,1-4H3. The second-order valence-corrected chi connectivity index (χ2v) is 9.42. The quantitative estimate of drug-likeness (QED) is 0.585. The normalized spacial score (nSPS) is 21.1. The highest BCUT2D eigenvalue weighted by Gasteiger charge is 2.30. The summed E-state index contributed by atoms with van der Waals surface area (Å²) in [6.07, 6.45) is -0.296. The number of aromatic nitrogens is 4. The van der Waals surface area contributed by atoms with Crippen molar-refractivity contribution in [2.75, 3.05) is 13.2 Å². The molecule has 10 nitrogen and oxygen atoms in total. The minimum atomic E-state index is -0.148. The van der Waals surface area contributed by atoms with Crippen molar-refractivity contribution < 1.29 is 19.1 Å². The molecule has 0 radical (unpaired) electrons. The third kappa shape index (κ3) is 4.18. The van der Waals surface area contributed by atoms with Gasteiger partial charge >= 0.3 is 0 Å². The molecule has 0 aromatic carbocycles. The zero-order valence-electron chi connectivity index (χ0n) is 16.5. The molecule has 14 heteroatoms. The van der Waals surface area contributed by atoms with E-state index < -0.39 is 0 Å². The second kappa shape index (κ2) is 8.77. The smallest absolute Gasteiger partial charge is 0.264 e. The summed E-state index contributed by atoms with van der Waals surface area (Å²) in [5.74, 6) is 0.584. The van der Waals surface area contributed by atoms with Crippen LogP contribution in [-0.4, -0.2) is 56.8 Å². The first kappa shape index (κ1) is 21.5. The lowest BCUT2D eigenvalue weighted by Gasteiger charge is -2.20. The Morgan fingerprint density at radius 2 is 1.20 bits per heavy atom. The van der Waals surface area contributed by atoms with E-state index in [9.17, 15) is 0 Å². The Labute approximate surface area is 190 Å². The van der Waals surface area contributed by atoms with Gasteiger partial charge in [0.05, 0.1) is 0 Å². The van der Waals surface area contributed by atoms with Crippen LogP contribution in [0.1, 0.15) is 25.0 Å². The molecule has 162 valence electrons. The summed E-state index contributed by atoms with van der Waals surface area (Å²) in [4.78, 5) is 10.5. The molecular formula is C16H18Cl2N6O4S2. The fourth-order valence-electron chi connectivity index (χ4n) is 2.69. The lowest BCUT2D eigenvalue weighted by atomic mass is 10.3. The van der Waals surface area contributed by atoms with Crippen molar-refractivity contribution in [3.63, 3.8) is 0 Å². The molecule has 0 amide bonds. The van der Waals surface area contributed by atoms with Crippen LogP contribution in [0.2, 0.25) is 10.3 Å². The minimum Gasteiger partial charge on any atom is -0.468 e. The third-order valence-corrected chi connectivity index (χ3v) is 7.13. The number of ether oxygens (including phenoxy) is 2. The van der Waals surface area contributed by atoms with Gasteiger partial charge in [-0.3, -0.25) is 9.36 Å². The van der Waals surface area contributed by atoms with Gasteiger partial charge in [-0.2, -0.15) is 10.2 Å². The maximum Gasteiger partial charge on any atom is 0.264 e. The number of oxime groups is 2. The van der Waals surface area contributed by atoms with Crippen molar-refractivity contribution in [1.82, 2.24) is 19.6 Å². The number of hydrogen-bond acceptors (Lipinski definition) is 10. The van der Waals surface area contributed by atoms with E-state index in [2.05, 4.69) is 20.5 Å². The predicted octanol–water partition coefficient (Wildman–Crippen LogP) is 3.45. The number of halogens is 2. The molecule has 0 saturated carbocycles. The first-order valence-electron chi connectivity index (χ1n) is 8.88. The molecule has 2 aliphatic rings. The molecule has 4 heterocycles. The van der Waals surface area contributed by atoms with Gasteiger partial charge in [0.2, 0.25) is 0 Å². The van der Waals surface area contributed by atoms with Crippen LogP contribution in [0.5, 0.6) is 0 Å². The Morgan fingerprint density at radius 1 is 0.800 bits per heavy atom. The van der Waals surface area contributed by atoms with Crippen LogP contribution >= 0.6 is 44.8 Å². The second-order valence-electron chi connectivity index (χ2n) is 6.60. The molecule has 0 saturated heterocycles. The van der Waals surface area contributed by atoms with Gasteiger partial charge in [0, 0.05) is 14.1 Å². The Hall–Kier alpha value is -1.76. The van der Waals surface area contributed by atoms with Crippen molar-refractivity contribution in [3.8, 4) is 0 Å². The molecule has 4 rings (SSSR count). The fraction of sp³-hybridized carbons (Fsp3) is 0.500. The molecular weight excluding hydrogens is 475 g/mol. The van der Waals surface area contributed by atoms with Gasteiger partial charge < -0.3 is 19.1 Å². The summed E-state index contributed by atoms with van der Waals surface area (Å²) < 4.78 is 14.9. The monoisotopic (exact) mass is 492 g/mol. The number of aryl methyl sites for hydroxylation is 2. The molecule has 30 heavy (non-hydrogen) atoms. The van der Waals surface area contributed by atoms with E-state index >= 15 is 0 Å². The fourth-order valence-corrected chi connectivity index (χ4v) is 5.98. The Balaban J connectivity index is 1.64. The zero-order chi connectivity index (χ0) is 21.4. The van der Waals surface area contributed by atoms with Crippen LogP contribution in [0.25, 0.3) is 0 Å². The van der Waals surface area contributed by atoms with Crippen LogP contribution in [0.4, 0.5) is 0 Å².